The summed E-state index contributed by atoms with van der Waals surface area (Å²) in [6.07, 6.45) is 0. The Morgan fingerprint density at radius 1 is 1.06 bits per heavy atom. The van der Waals surface area contributed by atoms with E-state index in [9.17, 15) is 0 Å². The maximum Gasteiger partial charge on any atom is 0.0367 e. The van der Waals surface area contributed by atoms with Crippen LogP contribution in [0.25, 0.3) is 0 Å². The summed E-state index contributed by atoms with van der Waals surface area (Å²) in [5.41, 5.74) is 7.15. The van der Waals surface area contributed by atoms with Gasteiger partial charge in [0.25, 0.3) is 0 Å². The predicted molar refractivity (Wildman–Crippen MR) is 83.2 cm³/mol. The fourth-order valence-electron chi connectivity index (χ4n) is 2.23. The summed E-state index contributed by atoms with van der Waals surface area (Å²) in [6.45, 7) is 7.55. The molecule has 1 aromatic carbocycles. The van der Waals surface area contributed by atoms with Crippen molar-refractivity contribution in [2.45, 2.75) is 13.0 Å². The molecule has 3 nitrogen and oxygen atoms in total. The van der Waals surface area contributed by atoms with E-state index in [2.05, 4.69) is 47.1 Å². The number of nitrogens with zero attached hydrogens (tertiary/aromatic N) is 2. The number of hydrogen-bond acceptors (Lipinski definition) is 3. The molecule has 5 heteroatoms. The van der Waals surface area contributed by atoms with Gasteiger partial charge in [0, 0.05) is 44.5 Å². The number of halogens is 2. The Morgan fingerprint density at radius 3 is 2.11 bits per heavy atom. The highest BCUT2D eigenvalue weighted by Gasteiger charge is 2.17. The van der Waals surface area contributed by atoms with Gasteiger partial charge in [-0.2, -0.15) is 0 Å². The lowest BCUT2D eigenvalue weighted by Crippen LogP contribution is -2.49. The molecule has 0 spiro atoms. The van der Waals surface area contributed by atoms with Gasteiger partial charge < -0.3 is 10.6 Å². The third kappa shape index (κ3) is 5.02. The van der Waals surface area contributed by atoms with Gasteiger partial charge in [-0.1, -0.05) is 18.2 Å². The maximum absolute atomic E-state index is 5.81. The number of anilines is 1. The van der Waals surface area contributed by atoms with Crippen LogP contribution < -0.4 is 10.6 Å². The summed E-state index contributed by atoms with van der Waals surface area (Å²) in [6, 6.07) is 10.9. The van der Waals surface area contributed by atoms with Gasteiger partial charge in [0.15, 0.2) is 0 Å². The molecule has 1 saturated heterocycles. The fraction of sp³-hybridized carbons (Fsp3) is 0.538. The second kappa shape index (κ2) is 8.59. The van der Waals surface area contributed by atoms with E-state index >= 15 is 0 Å². The number of para-hydroxylation sites is 1. The normalized spacial score (nSPS) is 17.6. The highest BCUT2D eigenvalue weighted by molar-refractivity contribution is 5.85. The summed E-state index contributed by atoms with van der Waals surface area (Å²) in [5.74, 6) is 0. The van der Waals surface area contributed by atoms with E-state index in [1.165, 1.54) is 5.69 Å². The van der Waals surface area contributed by atoms with Crippen molar-refractivity contribution in [3.8, 4) is 0 Å². The lowest BCUT2D eigenvalue weighted by molar-refractivity contribution is 0.247. The van der Waals surface area contributed by atoms with Gasteiger partial charge in [0.05, 0.1) is 0 Å². The van der Waals surface area contributed by atoms with Crippen molar-refractivity contribution in [3.05, 3.63) is 30.3 Å². The summed E-state index contributed by atoms with van der Waals surface area (Å²) < 4.78 is 0. The van der Waals surface area contributed by atoms with Crippen LogP contribution in [0.2, 0.25) is 0 Å². The molecule has 1 aliphatic rings. The Balaban J connectivity index is 0.00000144. The number of rotatable bonds is 3. The van der Waals surface area contributed by atoms with Crippen molar-refractivity contribution in [2.75, 3.05) is 37.6 Å². The smallest absolute Gasteiger partial charge is 0.0367 e. The van der Waals surface area contributed by atoms with Gasteiger partial charge in [-0.3, -0.25) is 4.90 Å². The van der Waals surface area contributed by atoms with Crippen LogP contribution in [0.4, 0.5) is 5.69 Å². The SMILES string of the molecule is CC(N)CN1CCN(c2ccccc2)CC1.Cl.Cl. The van der Waals surface area contributed by atoms with Crippen molar-refractivity contribution in [1.82, 2.24) is 4.90 Å². The van der Waals surface area contributed by atoms with Crippen LogP contribution in [0.15, 0.2) is 30.3 Å². The monoisotopic (exact) mass is 291 g/mol. The van der Waals surface area contributed by atoms with Crippen molar-refractivity contribution in [1.29, 1.82) is 0 Å². The van der Waals surface area contributed by atoms with Crippen LogP contribution in [-0.2, 0) is 0 Å². The van der Waals surface area contributed by atoms with Gasteiger partial charge in [0.1, 0.15) is 0 Å². The molecule has 0 bridgehead atoms. The first-order valence-electron chi connectivity index (χ1n) is 6.03. The van der Waals surface area contributed by atoms with Gasteiger partial charge in [-0.15, -0.1) is 24.8 Å². The average molecular weight is 292 g/mol. The van der Waals surface area contributed by atoms with Gasteiger partial charge in [0.2, 0.25) is 0 Å². The van der Waals surface area contributed by atoms with Crippen molar-refractivity contribution >= 4 is 30.5 Å². The zero-order valence-corrected chi connectivity index (χ0v) is 12.4. The van der Waals surface area contributed by atoms with Crippen molar-refractivity contribution < 1.29 is 0 Å². The standard InChI is InChI=1S/C13H21N3.2ClH/c1-12(14)11-15-7-9-16(10-8-15)13-5-3-2-4-6-13;;/h2-6,12H,7-11,14H2,1H3;2*1H. The Morgan fingerprint density at radius 2 is 1.61 bits per heavy atom. The van der Waals surface area contributed by atoms with E-state index in [0.29, 0.717) is 0 Å². The van der Waals surface area contributed by atoms with Crippen LogP contribution in [-0.4, -0.2) is 43.7 Å². The molecule has 0 saturated carbocycles. The number of benzene rings is 1. The van der Waals surface area contributed by atoms with Crippen LogP contribution >= 0.6 is 24.8 Å². The van der Waals surface area contributed by atoms with E-state index in [4.69, 9.17) is 5.73 Å². The molecule has 2 rings (SSSR count). The highest BCUT2D eigenvalue weighted by atomic mass is 35.5. The molecule has 1 unspecified atom stereocenters. The molecule has 1 atom stereocenters. The first-order valence-corrected chi connectivity index (χ1v) is 6.03. The molecule has 0 amide bonds. The number of piperazine rings is 1. The number of nitrogens with two attached hydrogens (primary N) is 1. The molecule has 1 aromatic rings. The predicted octanol–water partition coefficient (Wildman–Crippen LogP) is 2.00. The summed E-state index contributed by atoms with van der Waals surface area (Å²) in [7, 11) is 0. The molecule has 1 heterocycles. The lowest BCUT2D eigenvalue weighted by Gasteiger charge is -2.36. The minimum absolute atomic E-state index is 0. The molecule has 0 radical (unpaired) electrons. The quantitative estimate of drug-likeness (QED) is 0.925. The van der Waals surface area contributed by atoms with E-state index in [-0.39, 0.29) is 30.9 Å². The van der Waals surface area contributed by atoms with Crippen LogP contribution in [0.1, 0.15) is 6.92 Å². The topological polar surface area (TPSA) is 32.5 Å². The second-order valence-corrected chi connectivity index (χ2v) is 4.60. The molecular weight excluding hydrogens is 269 g/mol. The first kappa shape index (κ1) is 17.5. The third-order valence-corrected chi connectivity index (χ3v) is 3.04. The summed E-state index contributed by atoms with van der Waals surface area (Å²) in [4.78, 5) is 4.89. The summed E-state index contributed by atoms with van der Waals surface area (Å²) >= 11 is 0. The van der Waals surface area contributed by atoms with Crippen molar-refractivity contribution in [2.24, 2.45) is 5.73 Å². The van der Waals surface area contributed by atoms with Crippen LogP contribution in [0.5, 0.6) is 0 Å². The third-order valence-electron chi connectivity index (χ3n) is 3.04. The van der Waals surface area contributed by atoms with E-state index < -0.39 is 0 Å². The van der Waals surface area contributed by atoms with Crippen molar-refractivity contribution in [3.63, 3.8) is 0 Å². The molecule has 2 N–H and O–H groups in total. The maximum atomic E-state index is 5.81. The van der Waals surface area contributed by atoms with Gasteiger partial charge in [-0.25, -0.2) is 0 Å². The Labute approximate surface area is 122 Å². The van der Waals surface area contributed by atoms with Crippen LogP contribution in [0.3, 0.4) is 0 Å². The minimum atomic E-state index is 0. The molecular formula is C13H23Cl2N3. The van der Waals surface area contributed by atoms with E-state index in [0.717, 1.165) is 32.7 Å². The molecule has 104 valence electrons. The zero-order valence-electron chi connectivity index (χ0n) is 10.8. The molecule has 0 aromatic heterocycles. The number of hydrogen-bond donors (Lipinski definition) is 1. The summed E-state index contributed by atoms with van der Waals surface area (Å²) in [5, 5.41) is 0. The Kier molecular flexibility index (Phi) is 8.36. The highest BCUT2D eigenvalue weighted by Crippen LogP contribution is 2.15. The Bertz CT molecular complexity index is 311. The van der Waals surface area contributed by atoms with Gasteiger partial charge >= 0.3 is 0 Å². The van der Waals surface area contributed by atoms with Crippen LogP contribution in [0, 0.1) is 0 Å². The van der Waals surface area contributed by atoms with E-state index in [1.54, 1.807) is 0 Å². The lowest BCUT2D eigenvalue weighted by atomic mass is 10.2. The largest absolute Gasteiger partial charge is 0.369 e. The average Bonchev–Trinajstić information content (AvgIpc) is 2.30. The van der Waals surface area contributed by atoms with E-state index in [1.807, 2.05) is 0 Å². The zero-order chi connectivity index (χ0) is 11.4. The second-order valence-electron chi connectivity index (χ2n) is 4.60. The minimum Gasteiger partial charge on any atom is -0.369 e. The molecule has 18 heavy (non-hydrogen) atoms. The Hall–Kier alpha value is -0.480. The first-order chi connectivity index (χ1) is 7.75. The molecule has 0 aliphatic carbocycles. The molecule has 1 aliphatic heterocycles. The van der Waals surface area contributed by atoms with Gasteiger partial charge in [-0.05, 0) is 19.1 Å². The molecule has 1 fully saturated rings. The fourth-order valence-corrected chi connectivity index (χ4v) is 2.23.